The first-order valence-corrected chi connectivity index (χ1v) is 8.17. The van der Waals surface area contributed by atoms with Gasteiger partial charge in [-0.15, -0.1) is 0 Å². The molecule has 0 unspecified atom stereocenters. The van der Waals surface area contributed by atoms with Crippen LogP contribution in [0.3, 0.4) is 0 Å². The first kappa shape index (κ1) is 16.4. The second kappa shape index (κ2) is 6.19. The van der Waals surface area contributed by atoms with Gasteiger partial charge in [-0.05, 0) is 31.7 Å². The Balaban J connectivity index is 1.93. The van der Waals surface area contributed by atoms with Gasteiger partial charge in [0.25, 0.3) is 5.91 Å². The number of rotatable bonds is 5. The fourth-order valence-corrected chi connectivity index (χ4v) is 3.63. The summed E-state index contributed by atoms with van der Waals surface area (Å²) in [5.41, 5.74) is -0.244. The molecule has 24 heavy (non-hydrogen) atoms. The molecule has 0 N–H and O–H groups in total. The minimum absolute atomic E-state index is 0.0250. The quantitative estimate of drug-likeness (QED) is 0.603. The van der Waals surface area contributed by atoms with E-state index in [9.17, 15) is 19.2 Å². The van der Waals surface area contributed by atoms with Gasteiger partial charge in [0.1, 0.15) is 11.3 Å². The summed E-state index contributed by atoms with van der Waals surface area (Å²) in [7, 11) is 0. The van der Waals surface area contributed by atoms with Crippen LogP contribution in [0.4, 0.5) is 0 Å². The highest BCUT2D eigenvalue weighted by molar-refractivity contribution is 6.40. The molecule has 3 amide bonds. The average molecular weight is 328 g/mol. The highest BCUT2D eigenvalue weighted by Gasteiger charge is 2.57. The smallest absolute Gasteiger partial charge is 0.319 e. The van der Waals surface area contributed by atoms with Crippen molar-refractivity contribution in [1.82, 2.24) is 9.80 Å². The highest BCUT2D eigenvalue weighted by Crippen LogP contribution is 2.39. The summed E-state index contributed by atoms with van der Waals surface area (Å²) < 4.78 is 0. The van der Waals surface area contributed by atoms with E-state index in [4.69, 9.17) is 0 Å². The van der Waals surface area contributed by atoms with E-state index in [0.29, 0.717) is 19.4 Å². The molecule has 2 aliphatic rings. The maximum absolute atomic E-state index is 13.1. The van der Waals surface area contributed by atoms with Crippen molar-refractivity contribution in [3.8, 4) is 0 Å². The van der Waals surface area contributed by atoms with E-state index in [-0.39, 0.29) is 31.1 Å². The van der Waals surface area contributed by atoms with Crippen molar-refractivity contribution in [3.63, 3.8) is 0 Å². The molecule has 3 rings (SSSR count). The summed E-state index contributed by atoms with van der Waals surface area (Å²) in [5, 5.41) is 0. The lowest BCUT2D eigenvalue weighted by molar-refractivity contribution is -0.173. The molecule has 6 nitrogen and oxygen atoms in total. The average Bonchev–Trinajstić information content (AvgIpc) is 3.01. The van der Waals surface area contributed by atoms with Gasteiger partial charge < -0.3 is 9.69 Å². The van der Waals surface area contributed by atoms with Crippen LogP contribution in [-0.4, -0.2) is 45.4 Å². The number of hydrogen-bond acceptors (Lipinski definition) is 4. The van der Waals surface area contributed by atoms with Crippen LogP contribution < -0.4 is 0 Å². The summed E-state index contributed by atoms with van der Waals surface area (Å²) in [6, 6.07) is 9.12. The first-order valence-electron chi connectivity index (χ1n) is 8.17. The van der Waals surface area contributed by atoms with Crippen molar-refractivity contribution >= 4 is 23.5 Å². The van der Waals surface area contributed by atoms with Gasteiger partial charge in [0.15, 0.2) is 0 Å². The predicted octanol–water partition coefficient (Wildman–Crippen LogP) is 1.29. The lowest BCUT2D eigenvalue weighted by Crippen LogP contribution is -2.67. The molecule has 0 saturated carbocycles. The summed E-state index contributed by atoms with van der Waals surface area (Å²) in [6.45, 7) is 1.95. The number of fused-ring (bicyclic) bond motifs is 1. The Bertz CT molecular complexity index is 700. The number of piperazine rings is 1. The van der Waals surface area contributed by atoms with Crippen molar-refractivity contribution < 1.29 is 19.2 Å². The van der Waals surface area contributed by atoms with Gasteiger partial charge in [-0.2, -0.15) is 0 Å². The molecule has 1 atom stereocenters. The van der Waals surface area contributed by atoms with E-state index in [2.05, 4.69) is 0 Å². The van der Waals surface area contributed by atoms with Gasteiger partial charge >= 0.3 is 11.8 Å². The molecule has 2 aliphatic heterocycles. The molecule has 6 heteroatoms. The maximum Gasteiger partial charge on any atom is 0.319 e. The number of amides is 3. The number of benzene rings is 1. The van der Waals surface area contributed by atoms with Crippen LogP contribution in [0.5, 0.6) is 0 Å². The summed E-state index contributed by atoms with van der Waals surface area (Å²) >= 11 is 0. The van der Waals surface area contributed by atoms with E-state index < -0.39 is 17.4 Å². The number of nitrogens with zero attached hydrogens (tertiary/aromatic N) is 2. The molecule has 126 valence electrons. The van der Waals surface area contributed by atoms with Gasteiger partial charge in [0.05, 0.1) is 6.54 Å². The topological polar surface area (TPSA) is 74.8 Å². The lowest BCUT2D eigenvalue weighted by Gasteiger charge is -2.44. The van der Waals surface area contributed by atoms with Gasteiger partial charge in [0, 0.05) is 13.0 Å². The number of ketones is 1. The summed E-state index contributed by atoms with van der Waals surface area (Å²) in [4.78, 5) is 51.9. The molecule has 1 aromatic carbocycles. The molecule has 2 heterocycles. The van der Waals surface area contributed by atoms with Crippen LogP contribution in [0.2, 0.25) is 0 Å². The van der Waals surface area contributed by atoms with Crippen LogP contribution in [0, 0.1) is 0 Å². The molecule has 0 aliphatic carbocycles. The molecule has 0 radical (unpaired) electrons. The number of carbonyl (C=O) groups excluding carboxylic acids is 4. The van der Waals surface area contributed by atoms with Crippen LogP contribution >= 0.6 is 0 Å². The third-order valence-corrected chi connectivity index (χ3v) is 4.88. The van der Waals surface area contributed by atoms with E-state index in [1.54, 1.807) is 0 Å². The van der Waals surface area contributed by atoms with Crippen molar-refractivity contribution in [1.29, 1.82) is 0 Å². The Hall–Kier alpha value is -2.50. The Kier molecular flexibility index (Phi) is 4.22. The van der Waals surface area contributed by atoms with Crippen molar-refractivity contribution in [2.24, 2.45) is 0 Å². The molecular weight excluding hydrogens is 308 g/mol. The van der Waals surface area contributed by atoms with E-state index >= 15 is 0 Å². The van der Waals surface area contributed by atoms with Gasteiger partial charge in [0.2, 0.25) is 0 Å². The van der Waals surface area contributed by atoms with Gasteiger partial charge in [-0.3, -0.25) is 19.3 Å². The standard InChI is InChI=1S/C18H20N2O4/c1-13(21)8-10-18-9-5-11-20(18)16(23)15(22)19(17(18)24)12-14-6-3-2-4-7-14/h2-4,6-7H,5,8-12H2,1H3/t18-/m0/s1. The highest BCUT2D eigenvalue weighted by atomic mass is 16.2. The largest absolute Gasteiger partial charge is 0.320 e. The second-order valence-corrected chi connectivity index (χ2v) is 6.48. The minimum Gasteiger partial charge on any atom is -0.320 e. The Morgan fingerprint density at radius 1 is 1.12 bits per heavy atom. The second-order valence-electron chi connectivity index (χ2n) is 6.48. The summed E-state index contributed by atoms with van der Waals surface area (Å²) in [6.07, 6.45) is 1.68. The number of hydrogen-bond donors (Lipinski definition) is 0. The molecule has 2 saturated heterocycles. The zero-order valence-corrected chi connectivity index (χ0v) is 13.7. The number of carbonyl (C=O) groups is 4. The molecule has 0 bridgehead atoms. The molecule has 0 aromatic heterocycles. The van der Waals surface area contributed by atoms with Crippen LogP contribution in [-0.2, 0) is 25.7 Å². The molecule has 0 spiro atoms. The van der Waals surface area contributed by atoms with E-state index in [1.165, 1.54) is 11.8 Å². The normalized spacial score (nSPS) is 23.6. The number of imide groups is 1. The molecule has 1 aromatic rings. The Morgan fingerprint density at radius 3 is 2.50 bits per heavy atom. The number of Topliss-reactive ketones (excluding diaryl/α,β-unsaturated/α-hetero) is 1. The maximum atomic E-state index is 13.1. The van der Waals surface area contributed by atoms with E-state index in [0.717, 1.165) is 10.5 Å². The van der Waals surface area contributed by atoms with Gasteiger partial charge in [-0.1, -0.05) is 30.3 Å². The third-order valence-electron chi connectivity index (χ3n) is 4.88. The Labute approximate surface area is 140 Å². The van der Waals surface area contributed by atoms with Crippen LogP contribution in [0.1, 0.15) is 38.2 Å². The fraction of sp³-hybridized carbons (Fsp3) is 0.444. The fourth-order valence-electron chi connectivity index (χ4n) is 3.63. The zero-order valence-electron chi connectivity index (χ0n) is 13.7. The first-order chi connectivity index (χ1) is 11.5. The molecular formula is C18H20N2O4. The van der Waals surface area contributed by atoms with Gasteiger partial charge in [-0.25, -0.2) is 0 Å². The molecule has 2 fully saturated rings. The van der Waals surface area contributed by atoms with Crippen LogP contribution in [0.15, 0.2) is 30.3 Å². The monoisotopic (exact) mass is 328 g/mol. The summed E-state index contributed by atoms with van der Waals surface area (Å²) in [5.74, 6) is -1.78. The third kappa shape index (κ3) is 2.62. The zero-order chi connectivity index (χ0) is 17.3. The minimum atomic E-state index is -1.04. The van der Waals surface area contributed by atoms with Crippen molar-refractivity contribution in [2.75, 3.05) is 6.54 Å². The van der Waals surface area contributed by atoms with E-state index in [1.807, 2.05) is 30.3 Å². The predicted molar refractivity (Wildman–Crippen MR) is 85.6 cm³/mol. The lowest BCUT2D eigenvalue weighted by atomic mass is 9.85. The van der Waals surface area contributed by atoms with Crippen LogP contribution in [0.25, 0.3) is 0 Å². The van der Waals surface area contributed by atoms with Crippen molar-refractivity contribution in [3.05, 3.63) is 35.9 Å². The Morgan fingerprint density at radius 2 is 1.83 bits per heavy atom. The SMILES string of the molecule is CC(=O)CC[C@]12CCCN1C(=O)C(=O)N(Cc1ccccc1)C2=O. The van der Waals surface area contributed by atoms with Crippen molar-refractivity contribution in [2.45, 2.75) is 44.7 Å².